The molecule has 0 saturated carbocycles. The summed E-state index contributed by atoms with van der Waals surface area (Å²) in [6.45, 7) is 0. The number of fused-ring (bicyclic) bond motifs is 2. The fraction of sp³-hybridized carbons (Fsp3) is 0. The molecule has 4 rings (SSSR count). The molecular formula is C15H10N4O. The Hall–Kier alpha value is -2.95. The summed E-state index contributed by atoms with van der Waals surface area (Å²) < 4.78 is 2.90. The Balaban J connectivity index is 1.92. The van der Waals surface area contributed by atoms with Crippen LogP contribution in [-0.4, -0.2) is 25.4 Å². The maximum Gasteiger partial charge on any atom is 0.355 e. The molecule has 0 saturated heterocycles. The number of para-hydroxylation sites is 3. The maximum atomic E-state index is 12.6. The Morgan fingerprint density at radius 1 is 0.950 bits per heavy atom. The number of imidazole rings is 1. The minimum Gasteiger partial charge on any atom is -0.249 e. The number of hydrogen-bond acceptors (Lipinski definition) is 3. The van der Waals surface area contributed by atoms with Gasteiger partial charge in [-0.05, 0) is 18.2 Å². The third-order valence-corrected chi connectivity index (χ3v) is 3.32. The number of hydrogen-bond donors (Lipinski definition) is 0. The molecule has 0 aliphatic rings. The first kappa shape index (κ1) is 10.9. The minimum atomic E-state index is -0.236. The van der Waals surface area contributed by atoms with Crippen molar-refractivity contribution < 1.29 is 4.79 Å². The second kappa shape index (κ2) is 4.03. The van der Waals surface area contributed by atoms with Gasteiger partial charge in [0.25, 0.3) is 0 Å². The number of carbonyl (C=O) groups excluding carboxylic acids is 1. The minimum absolute atomic E-state index is 0.236. The van der Waals surface area contributed by atoms with Crippen molar-refractivity contribution in [2.75, 3.05) is 0 Å². The molecule has 0 N–H and O–H groups in total. The average Bonchev–Trinajstić information content (AvgIpc) is 3.11. The molecule has 96 valence electrons. The zero-order valence-electron chi connectivity index (χ0n) is 10.5. The van der Waals surface area contributed by atoms with Crippen LogP contribution in [0, 0.1) is 0 Å². The summed E-state index contributed by atoms with van der Waals surface area (Å²) in [6.07, 6.45) is 3.22. The monoisotopic (exact) mass is 262 g/mol. The van der Waals surface area contributed by atoms with Gasteiger partial charge in [-0.2, -0.15) is 9.78 Å². The van der Waals surface area contributed by atoms with Crippen molar-refractivity contribution in [2.24, 2.45) is 0 Å². The predicted molar refractivity (Wildman–Crippen MR) is 75.7 cm³/mol. The van der Waals surface area contributed by atoms with Gasteiger partial charge < -0.3 is 0 Å². The van der Waals surface area contributed by atoms with Gasteiger partial charge >= 0.3 is 6.03 Å². The summed E-state index contributed by atoms with van der Waals surface area (Å²) >= 11 is 0. The molecule has 4 aromatic rings. The van der Waals surface area contributed by atoms with Crippen LogP contribution in [0.4, 0.5) is 4.79 Å². The van der Waals surface area contributed by atoms with Gasteiger partial charge in [0.05, 0.1) is 22.7 Å². The van der Waals surface area contributed by atoms with E-state index in [0.717, 1.165) is 21.9 Å². The topological polar surface area (TPSA) is 52.7 Å². The SMILES string of the molecule is O=C(n1cnc2ccccc21)n1ncc2ccccc21. The Bertz CT molecular complexity index is 859. The van der Waals surface area contributed by atoms with Gasteiger partial charge in [-0.25, -0.2) is 14.3 Å². The molecule has 5 heteroatoms. The second-order valence-corrected chi connectivity index (χ2v) is 4.50. The summed E-state index contributed by atoms with van der Waals surface area (Å²) in [5.74, 6) is 0. The van der Waals surface area contributed by atoms with Crippen LogP contribution in [-0.2, 0) is 0 Å². The fourth-order valence-corrected chi connectivity index (χ4v) is 2.34. The van der Waals surface area contributed by atoms with Crippen LogP contribution >= 0.6 is 0 Å². The number of carbonyl (C=O) groups is 1. The van der Waals surface area contributed by atoms with E-state index in [1.54, 1.807) is 6.20 Å². The van der Waals surface area contributed by atoms with E-state index in [2.05, 4.69) is 10.1 Å². The van der Waals surface area contributed by atoms with Crippen molar-refractivity contribution in [1.29, 1.82) is 0 Å². The van der Waals surface area contributed by atoms with Crippen molar-refractivity contribution >= 4 is 28.0 Å². The van der Waals surface area contributed by atoms with Crippen molar-refractivity contribution in [3.63, 3.8) is 0 Å². The lowest BCUT2D eigenvalue weighted by atomic mass is 10.3. The molecule has 0 amide bonds. The molecular weight excluding hydrogens is 252 g/mol. The first-order valence-corrected chi connectivity index (χ1v) is 6.24. The molecule has 2 aromatic carbocycles. The van der Waals surface area contributed by atoms with Crippen LogP contribution in [0.3, 0.4) is 0 Å². The molecule has 20 heavy (non-hydrogen) atoms. The molecule has 5 nitrogen and oxygen atoms in total. The highest BCUT2D eigenvalue weighted by atomic mass is 16.2. The molecule has 0 bridgehead atoms. The lowest BCUT2D eigenvalue weighted by Crippen LogP contribution is -2.19. The smallest absolute Gasteiger partial charge is 0.249 e. The van der Waals surface area contributed by atoms with E-state index in [-0.39, 0.29) is 6.03 Å². The average molecular weight is 262 g/mol. The van der Waals surface area contributed by atoms with Gasteiger partial charge in [-0.1, -0.05) is 30.3 Å². The van der Waals surface area contributed by atoms with Crippen LogP contribution in [0.2, 0.25) is 0 Å². The molecule has 0 aliphatic carbocycles. The van der Waals surface area contributed by atoms with Gasteiger partial charge in [0, 0.05) is 5.39 Å². The molecule has 0 aliphatic heterocycles. The van der Waals surface area contributed by atoms with Gasteiger partial charge in [-0.3, -0.25) is 0 Å². The number of benzene rings is 2. The highest BCUT2D eigenvalue weighted by Gasteiger charge is 2.14. The van der Waals surface area contributed by atoms with Gasteiger partial charge in [0.2, 0.25) is 0 Å². The maximum absolute atomic E-state index is 12.6. The second-order valence-electron chi connectivity index (χ2n) is 4.50. The largest absolute Gasteiger partial charge is 0.355 e. The summed E-state index contributed by atoms with van der Waals surface area (Å²) in [4.78, 5) is 16.9. The third-order valence-electron chi connectivity index (χ3n) is 3.32. The molecule has 0 spiro atoms. The summed E-state index contributed by atoms with van der Waals surface area (Å²) in [7, 11) is 0. The number of aromatic nitrogens is 4. The summed E-state index contributed by atoms with van der Waals surface area (Å²) in [6, 6.07) is 14.9. The highest BCUT2D eigenvalue weighted by Crippen LogP contribution is 2.16. The zero-order valence-corrected chi connectivity index (χ0v) is 10.5. The van der Waals surface area contributed by atoms with Crippen molar-refractivity contribution in [2.45, 2.75) is 0 Å². The molecule has 2 heterocycles. The lowest BCUT2D eigenvalue weighted by molar-refractivity contribution is 0.243. The highest BCUT2D eigenvalue weighted by molar-refractivity contribution is 5.95. The van der Waals surface area contributed by atoms with Gasteiger partial charge in [-0.15, -0.1) is 0 Å². The van der Waals surface area contributed by atoms with E-state index in [0.29, 0.717) is 0 Å². The number of nitrogens with zero attached hydrogens (tertiary/aromatic N) is 4. The molecule has 0 unspecified atom stereocenters. The van der Waals surface area contributed by atoms with Crippen LogP contribution in [0.1, 0.15) is 0 Å². The Labute approximate surface area is 114 Å². The van der Waals surface area contributed by atoms with E-state index >= 15 is 0 Å². The number of rotatable bonds is 0. The molecule has 0 fully saturated rings. The standard InChI is InChI=1S/C15H10N4O/c20-15(18-10-16-12-6-2-4-8-14(12)18)19-13-7-3-1-5-11(13)9-17-19/h1-10H. The van der Waals surface area contributed by atoms with Crippen LogP contribution in [0.15, 0.2) is 61.1 Å². The Morgan fingerprint density at radius 3 is 2.60 bits per heavy atom. The van der Waals surface area contributed by atoms with E-state index < -0.39 is 0 Å². The van der Waals surface area contributed by atoms with E-state index in [1.165, 1.54) is 15.6 Å². The quantitative estimate of drug-likeness (QED) is 0.489. The van der Waals surface area contributed by atoms with Crippen LogP contribution in [0.5, 0.6) is 0 Å². The normalized spacial score (nSPS) is 11.2. The summed E-state index contributed by atoms with van der Waals surface area (Å²) in [5.41, 5.74) is 2.35. The Morgan fingerprint density at radius 2 is 1.70 bits per heavy atom. The lowest BCUT2D eigenvalue weighted by Gasteiger charge is -2.03. The summed E-state index contributed by atoms with van der Waals surface area (Å²) in [5, 5.41) is 5.11. The molecule has 0 atom stereocenters. The fourth-order valence-electron chi connectivity index (χ4n) is 2.34. The van der Waals surface area contributed by atoms with Crippen molar-refractivity contribution in [1.82, 2.24) is 19.3 Å². The van der Waals surface area contributed by atoms with E-state index in [1.807, 2.05) is 48.5 Å². The molecule has 2 aromatic heterocycles. The van der Waals surface area contributed by atoms with Crippen molar-refractivity contribution in [3.8, 4) is 0 Å². The predicted octanol–water partition coefficient (Wildman–Crippen LogP) is 2.90. The third kappa shape index (κ3) is 1.46. The van der Waals surface area contributed by atoms with Gasteiger partial charge in [0.15, 0.2) is 0 Å². The van der Waals surface area contributed by atoms with Crippen molar-refractivity contribution in [3.05, 3.63) is 61.1 Å². The first-order valence-electron chi connectivity index (χ1n) is 6.24. The van der Waals surface area contributed by atoms with Crippen LogP contribution in [0.25, 0.3) is 21.9 Å². The van der Waals surface area contributed by atoms with E-state index in [4.69, 9.17) is 0 Å². The molecule has 0 radical (unpaired) electrons. The van der Waals surface area contributed by atoms with Crippen LogP contribution < -0.4 is 0 Å². The zero-order chi connectivity index (χ0) is 13.5. The van der Waals surface area contributed by atoms with E-state index in [9.17, 15) is 4.79 Å². The van der Waals surface area contributed by atoms with Gasteiger partial charge in [0.1, 0.15) is 6.33 Å². The first-order chi connectivity index (χ1) is 9.84. The Kier molecular flexibility index (Phi) is 2.20.